The van der Waals surface area contributed by atoms with Crippen LogP contribution in [0.5, 0.6) is 0 Å². The van der Waals surface area contributed by atoms with Crippen LogP contribution in [-0.4, -0.2) is 46.6 Å². The van der Waals surface area contributed by atoms with Crippen molar-refractivity contribution in [2.45, 2.75) is 33.6 Å². The fourth-order valence-electron chi connectivity index (χ4n) is 2.00. The third kappa shape index (κ3) is 5.57. The number of rotatable bonds is 7. The first-order valence-corrected chi connectivity index (χ1v) is 7.32. The minimum absolute atomic E-state index is 0.0156. The van der Waals surface area contributed by atoms with Gasteiger partial charge in [-0.3, -0.25) is 14.3 Å². The summed E-state index contributed by atoms with van der Waals surface area (Å²) < 4.78 is 1.76. The van der Waals surface area contributed by atoms with E-state index in [-0.39, 0.29) is 17.7 Å². The number of amides is 2. The normalized spacial score (nSPS) is 10.8. The Morgan fingerprint density at radius 1 is 1.43 bits per heavy atom. The van der Waals surface area contributed by atoms with E-state index in [2.05, 4.69) is 10.4 Å². The quantitative estimate of drug-likeness (QED) is 0.812. The molecule has 1 aromatic rings. The highest BCUT2D eigenvalue weighted by molar-refractivity contribution is 5.78. The molecule has 1 rings (SSSR count). The molecule has 0 bridgehead atoms. The van der Waals surface area contributed by atoms with Crippen LogP contribution in [0.2, 0.25) is 0 Å². The van der Waals surface area contributed by atoms with Gasteiger partial charge in [0.15, 0.2) is 0 Å². The van der Waals surface area contributed by atoms with Crippen LogP contribution in [0.3, 0.4) is 0 Å². The number of nitrogens with one attached hydrogen (secondary N) is 1. The molecule has 0 radical (unpaired) electrons. The predicted molar refractivity (Wildman–Crippen MR) is 81.8 cm³/mol. The molecule has 2 amide bonds. The lowest BCUT2D eigenvalue weighted by molar-refractivity contribution is -0.130. The van der Waals surface area contributed by atoms with Gasteiger partial charge in [-0.25, -0.2) is 0 Å². The van der Waals surface area contributed by atoms with Crippen molar-refractivity contribution in [1.29, 1.82) is 0 Å². The molecule has 118 valence electrons. The lowest BCUT2D eigenvalue weighted by Gasteiger charge is -2.18. The maximum absolute atomic E-state index is 12.0. The van der Waals surface area contributed by atoms with Crippen LogP contribution in [0.4, 0.5) is 0 Å². The van der Waals surface area contributed by atoms with Crippen LogP contribution in [0.25, 0.3) is 0 Å². The topological polar surface area (TPSA) is 67.2 Å². The molecule has 0 atom stereocenters. The van der Waals surface area contributed by atoms with E-state index in [1.54, 1.807) is 16.6 Å². The number of nitrogens with zero attached hydrogens (tertiary/aromatic N) is 3. The van der Waals surface area contributed by atoms with E-state index in [1.165, 1.54) is 0 Å². The smallest absolute Gasteiger partial charge is 0.222 e. The number of aromatic nitrogens is 2. The van der Waals surface area contributed by atoms with Crippen molar-refractivity contribution < 1.29 is 9.59 Å². The zero-order chi connectivity index (χ0) is 16.0. The third-order valence-corrected chi connectivity index (χ3v) is 3.42. The summed E-state index contributed by atoms with van der Waals surface area (Å²) in [6.07, 6.45) is 3.10. The van der Waals surface area contributed by atoms with Crippen LogP contribution >= 0.6 is 0 Å². The Bertz CT molecular complexity index is 494. The van der Waals surface area contributed by atoms with Gasteiger partial charge in [-0.1, -0.05) is 13.8 Å². The summed E-state index contributed by atoms with van der Waals surface area (Å²) in [7, 11) is 3.64. The van der Waals surface area contributed by atoms with E-state index in [4.69, 9.17) is 0 Å². The van der Waals surface area contributed by atoms with Crippen LogP contribution in [0.1, 0.15) is 31.5 Å². The molecule has 0 aliphatic carbocycles. The van der Waals surface area contributed by atoms with Gasteiger partial charge < -0.3 is 10.2 Å². The molecule has 0 unspecified atom stereocenters. The Morgan fingerprint density at radius 2 is 2.10 bits per heavy atom. The Balaban J connectivity index is 2.31. The summed E-state index contributed by atoms with van der Waals surface area (Å²) in [4.78, 5) is 25.1. The summed E-state index contributed by atoms with van der Waals surface area (Å²) >= 11 is 0. The molecule has 1 heterocycles. The van der Waals surface area contributed by atoms with Crippen molar-refractivity contribution in [2.24, 2.45) is 13.0 Å². The van der Waals surface area contributed by atoms with Gasteiger partial charge >= 0.3 is 0 Å². The van der Waals surface area contributed by atoms with Gasteiger partial charge in [0, 0.05) is 45.7 Å². The first-order chi connectivity index (χ1) is 9.81. The molecule has 6 heteroatoms. The van der Waals surface area contributed by atoms with Gasteiger partial charge in [-0.05, 0) is 18.9 Å². The van der Waals surface area contributed by atoms with Gasteiger partial charge in [0.1, 0.15) is 0 Å². The number of carbonyl (C=O) groups is 2. The lowest BCUT2D eigenvalue weighted by atomic mass is 10.1. The zero-order valence-corrected chi connectivity index (χ0v) is 13.6. The van der Waals surface area contributed by atoms with Crippen molar-refractivity contribution in [3.05, 3.63) is 17.5 Å². The van der Waals surface area contributed by atoms with Crippen molar-refractivity contribution in [2.75, 3.05) is 20.1 Å². The molecule has 1 N–H and O–H groups in total. The zero-order valence-electron chi connectivity index (χ0n) is 13.6. The fourth-order valence-corrected chi connectivity index (χ4v) is 2.00. The maximum Gasteiger partial charge on any atom is 0.222 e. The largest absolute Gasteiger partial charge is 0.354 e. The lowest BCUT2D eigenvalue weighted by Crippen LogP contribution is -2.37. The Morgan fingerprint density at radius 3 is 2.62 bits per heavy atom. The van der Waals surface area contributed by atoms with Gasteiger partial charge in [0.25, 0.3) is 0 Å². The third-order valence-electron chi connectivity index (χ3n) is 3.42. The van der Waals surface area contributed by atoms with E-state index >= 15 is 0 Å². The van der Waals surface area contributed by atoms with E-state index in [9.17, 15) is 9.59 Å². The number of likely N-dealkylation sites (N-methyl/N-ethyl adjacent to an activating group) is 1. The fraction of sp³-hybridized carbons (Fsp3) is 0.667. The monoisotopic (exact) mass is 294 g/mol. The molecule has 21 heavy (non-hydrogen) atoms. The molecule has 0 fully saturated rings. The van der Waals surface area contributed by atoms with Gasteiger partial charge in [0.2, 0.25) is 11.8 Å². The number of hydrogen-bond donors (Lipinski definition) is 1. The first-order valence-electron chi connectivity index (χ1n) is 7.32. The van der Waals surface area contributed by atoms with Crippen LogP contribution < -0.4 is 5.32 Å². The molecular formula is C15H26N4O2. The second kappa shape index (κ2) is 7.81. The second-order valence-electron chi connectivity index (χ2n) is 5.67. The maximum atomic E-state index is 12.0. The molecule has 0 saturated carbocycles. The average Bonchev–Trinajstić information content (AvgIpc) is 2.73. The summed E-state index contributed by atoms with van der Waals surface area (Å²) in [5.41, 5.74) is 2.07. The molecule has 0 saturated heterocycles. The predicted octanol–water partition coefficient (Wildman–Crippen LogP) is 0.892. The summed E-state index contributed by atoms with van der Waals surface area (Å²) in [6, 6.07) is 0. The molecule has 0 spiro atoms. The van der Waals surface area contributed by atoms with Crippen LogP contribution in [0, 0.1) is 12.8 Å². The Kier molecular flexibility index (Phi) is 6.39. The highest BCUT2D eigenvalue weighted by Crippen LogP contribution is 2.08. The van der Waals surface area contributed by atoms with Crippen molar-refractivity contribution >= 4 is 11.8 Å². The van der Waals surface area contributed by atoms with Crippen LogP contribution in [0.15, 0.2) is 6.20 Å². The Labute approximate surface area is 126 Å². The van der Waals surface area contributed by atoms with Crippen molar-refractivity contribution in [3.63, 3.8) is 0 Å². The highest BCUT2D eigenvalue weighted by Gasteiger charge is 2.12. The minimum atomic E-state index is -0.0282. The average molecular weight is 294 g/mol. The first kappa shape index (κ1) is 17.2. The molecule has 0 aromatic carbocycles. The van der Waals surface area contributed by atoms with Crippen molar-refractivity contribution in [3.8, 4) is 0 Å². The number of hydrogen-bond acceptors (Lipinski definition) is 3. The SMILES string of the molecule is Cc1nn(C)cc1CCC(=O)N(C)CCNC(=O)C(C)C. The molecule has 1 aromatic heterocycles. The van der Waals surface area contributed by atoms with Crippen LogP contribution in [-0.2, 0) is 23.1 Å². The summed E-state index contributed by atoms with van der Waals surface area (Å²) in [5, 5.41) is 7.07. The number of aryl methyl sites for hydroxylation is 3. The highest BCUT2D eigenvalue weighted by atomic mass is 16.2. The summed E-state index contributed by atoms with van der Waals surface area (Å²) in [5.74, 6) is 0.0680. The van der Waals surface area contributed by atoms with E-state index in [0.29, 0.717) is 25.9 Å². The summed E-state index contributed by atoms with van der Waals surface area (Å²) in [6.45, 7) is 6.67. The van der Waals surface area contributed by atoms with Gasteiger partial charge in [0.05, 0.1) is 5.69 Å². The molecule has 0 aliphatic rings. The van der Waals surface area contributed by atoms with E-state index in [0.717, 1.165) is 11.3 Å². The molecular weight excluding hydrogens is 268 g/mol. The van der Waals surface area contributed by atoms with Crippen molar-refractivity contribution in [1.82, 2.24) is 20.0 Å². The standard InChI is InChI=1S/C15H26N4O2/c1-11(2)15(21)16-8-9-18(4)14(20)7-6-13-10-19(5)17-12(13)3/h10-11H,6-9H2,1-5H3,(H,16,21). The number of carbonyl (C=O) groups excluding carboxylic acids is 2. The second-order valence-corrected chi connectivity index (χ2v) is 5.67. The van der Waals surface area contributed by atoms with Gasteiger partial charge in [-0.15, -0.1) is 0 Å². The molecule has 0 aliphatic heterocycles. The minimum Gasteiger partial charge on any atom is -0.354 e. The van der Waals surface area contributed by atoms with E-state index in [1.807, 2.05) is 34.0 Å². The van der Waals surface area contributed by atoms with Gasteiger partial charge in [-0.2, -0.15) is 5.10 Å². The van der Waals surface area contributed by atoms with E-state index < -0.39 is 0 Å². The molecule has 6 nitrogen and oxygen atoms in total. The Hall–Kier alpha value is -1.85.